The van der Waals surface area contributed by atoms with Gasteiger partial charge < -0.3 is 14.5 Å². The number of hydrogen-bond acceptors (Lipinski definition) is 6. The van der Waals surface area contributed by atoms with E-state index in [0.717, 1.165) is 6.26 Å². The lowest BCUT2D eigenvalue weighted by Gasteiger charge is -2.37. The van der Waals surface area contributed by atoms with Gasteiger partial charge in [-0.1, -0.05) is 0 Å². The summed E-state index contributed by atoms with van der Waals surface area (Å²) in [6.07, 6.45) is 2.66. The summed E-state index contributed by atoms with van der Waals surface area (Å²) in [5, 5.41) is 0. The van der Waals surface area contributed by atoms with Gasteiger partial charge >= 0.3 is 6.09 Å². The minimum Gasteiger partial charge on any atom is -0.444 e. The number of rotatable bonds is 3. The second kappa shape index (κ2) is 8.12. The van der Waals surface area contributed by atoms with E-state index in [1.165, 1.54) is 0 Å². The van der Waals surface area contributed by atoms with E-state index in [9.17, 15) is 18.0 Å². The van der Waals surface area contributed by atoms with Crippen LogP contribution in [0.25, 0.3) is 0 Å². The Kier molecular flexibility index (Phi) is 6.55. The molecule has 0 saturated carbocycles. The quantitative estimate of drug-likeness (QED) is 0.680. The zero-order valence-electron chi connectivity index (χ0n) is 16.1. The second-order valence-electron chi connectivity index (χ2n) is 8.07. The van der Waals surface area contributed by atoms with Crippen molar-refractivity contribution in [2.45, 2.75) is 58.2 Å². The SMILES string of the molecule is CC(C)(C)OC(=O)N1CCC(C(=O)N2CCC(OS(C)(=O)=O)CC2)CC1. The third kappa shape index (κ3) is 6.42. The van der Waals surface area contributed by atoms with Gasteiger partial charge in [-0.05, 0) is 46.5 Å². The van der Waals surface area contributed by atoms with Crippen molar-refractivity contribution in [2.75, 3.05) is 32.4 Å². The fourth-order valence-electron chi connectivity index (χ4n) is 3.31. The summed E-state index contributed by atoms with van der Waals surface area (Å²) in [5.74, 6) is -0.00675. The third-order valence-electron chi connectivity index (χ3n) is 4.56. The molecule has 8 nitrogen and oxygen atoms in total. The molecular weight excluding hydrogens is 360 g/mol. The molecule has 2 saturated heterocycles. The molecule has 150 valence electrons. The second-order valence-corrected chi connectivity index (χ2v) is 9.67. The highest BCUT2D eigenvalue weighted by Gasteiger charge is 2.34. The smallest absolute Gasteiger partial charge is 0.410 e. The van der Waals surface area contributed by atoms with Gasteiger partial charge in [-0.15, -0.1) is 0 Å². The maximum atomic E-state index is 12.7. The van der Waals surface area contributed by atoms with Crippen molar-refractivity contribution in [1.29, 1.82) is 0 Å². The summed E-state index contributed by atoms with van der Waals surface area (Å²) in [5.41, 5.74) is -0.526. The molecule has 0 N–H and O–H groups in total. The van der Waals surface area contributed by atoms with Gasteiger partial charge in [0.15, 0.2) is 0 Å². The number of carbonyl (C=O) groups is 2. The Hall–Kier alpha value is -1.35. The van der Waals surface area contributed by atoms with Crippen molar-refractivity contribution in [3.05, 3.63) is 0 Å². The summed E-state index contributed by atoms with van der Waals surface area (Å²) in [6, 6.07) is 0. The van der Waals surface area contributed by atoms with E-state index in [-0.39, 0.29) is 24.0 Å². The van der Waals surface area contributed by atoms with Crippen LogP contribution in [0.5, 0.6) is 0 Å². The summed E-state index contributed by atoms with van der Waals surface area (Å²) >= 11 is 0. The molecule has 0 aromatic rings. The van der Waals surface area contributed by atoms with Crippen LogP contribution in [-0.4, -0.2) is 74.4 Å². The molecule has 0 radical (unpaired) electrons. The molecule has 0 atom stereocenters. The van der Waals surface area contributed by atoms with E-state index < -0.39 is 15.7 Å². The third-order valence-corrected chi connectivity index (χ3v) is 5.18. The lowest BCUT2D eigenvalue weighted by Crippen LogP contribution is -2.48. The molecule has 0 spiro atoms. The fraction of sp³-hybridized carbons (Fsp3) is 0.882. The van der Waals surface area contributed by atoms with Crippen LogP contribution < -0.4 is 0 Å². The van der Waals surface area contributed by atoms with Crippen LogP contribution in [0.2, 0.25) is 0 Å². The summed E-state index contributed by atoms with van der Waals surface area (Å²) in [6.45, 7) is 7.53. The van der Waals surface area contributed by atoms with E-state index in [0.29, 0.717) is 51.9 Å². The van der Waals surface area contributed by atoms with Gasteiger partial charge in [0.05, 0.1) is 12.4 Å². The molecule has 2 aliphatic heterocycles. The van der Waals surface area contributed by atoms with Gasteiger partial charge in [-0.2, -0.15) is 8.42 Å². The molecule has 0 unspecified atom stereocenters. The highest BCUT2D eigenvalue weighted by atomic mass is 32.2. The Morgan fingerprint density at radius 3 is 1.88 bits per heavy atom. The first-order chi connectivity index (χ1) is 11.9. The van der Waals surface area contributed by atoms with Crippen LogP contribution in [0.1, 0.15) is 46.5 Å². The van der Waals surface area contributed by atoms with Crippen LogP contribution in [0.15, 0.2) is 0 Å². The van der Waals surface area contributed by atoms with Gasteiger partial charge in [0.2, 0.25) is 5.91 Å². The topological polar surface area (TPSA) is 93.2 Å². The average Bonchev–Trinajstić information content (AvgIpc) is 2.52. The Morgan fingerprint density at radius 1 is 0.923 bits per heavy atom. The van der Waals surface area contributed by atoms with Crippen LogP contribution in [0.4, 0.5) is 4.79 Å². The van der Waals surface area contributed by atoms with E-state index >= 15 is 0 Å². The van der Waals surface area contributed by atoms with Crippen LogP contribution in [0.3, 0.4) is 0 Å². The number of ether oxygens (including phenoxy) is 1. The first kappa shape index (κ1) is 21.0. The van der Waals surface area contributed by atoms with Gasteiger partial charge in [0.25, 0.3) is 10.1 Å². The number of nitrogens with zero attached hydrogens (tertiary/aromatic N) is 2. The van der Waals surface area contributed by atoms with E-state index in [4.69, 9.17) is 8.92 Å². The molecule has 2 amide bonds. The normalized spacial score (nSPS) is 20.9. The molecule has 2 aliphatic rings. The molecular formula is C17H30N2O6S. The van der Waals surface area contributed by atoms with Crippen LogP contribution in [-0.2, 0) is 23.8 Å². The predicted molar refractivity (Wildman–Crippen MR) is 96.1 cm³/mol. The minimum atomic E-state index is -3.46. The lowest BCUT2D eigenvalue weighted by molar-refractivity contribution is -0.138. The maximum Gasteiger partial charge on any atom is 0.410 e. The van der Waals surface area contributed by atoms with Crippen molar-refractivity contribution >= 4 is 22.1 Å². The lowest BCUT2D eigenvalue weighted by atomic mass is 9.94. The van der Waals surface area contributed by atoms with Crippen LogP contribution >= 0.6 is 0 Å². The van der Waals surface area contributed by atoms with Gasteiger partial charge in [0.1, 0.15) is 5.60 Å². The van der Waals surface area contributed by atoms with Crippen molar-refractivity contribution in [3.63, 3.8) is 0 Å². The number of amides is 2. The molecule has 9 heteroatoms. The Morgan fingerprint density at radius 2 is 1.42 bits per heavy atom. The Labute approximate surface area is 155 Å². The fourth-order valence-corrected chi connectivity index (χ4v) is 4.00. The number of piperidine rings is 2. The van der Waals surface area contributed by atoms with Crippen molar-refractivity contribution in [2.24, 2.45) is 5.92 Å². The van der Waals surface area contributed by atoms with Gasteiger partial charge in [-0.25, -0.2) is 4.79 Å². The summed E-state index contributed by atoms with van der Waals surface area (Å²) in [7, 11) is -3.46. The number of carbonyl (C=O) groups excluding carboxylic acids is 2. The first-order valence-electron chi connectivity index (χ1n) is 9.09. The van der Waals surface area contributed by atoms with Crippen molar-refractivity contribution in [1.82, 2.24) is 9.80 Å². The van der Waals surface area contributed by atoms with Gasteiger partial charge in [-0.3, -0.25) is 8.98 Å². The number of likely N-dealkylation sites (tertiary alicyclic amines) is 2. The van der Waals surface area contributed by atoms with Crippen LogP contribution in [0, 0.1) is 5.92 Å². The molecule has 0 bridgehead atoms. The molecule has 2 rings (SSSR count). The van der Waals surface area contributed by atoms with E-state index in [1.807, 2.05) is 20.8 Å². The zero-order valence-corrected chi connectivity index (χ0v) is 16.9. The van der Waals surface area contributed by atoms with Crippen molar-refractivity contribution in [3.8, 4) is 0 Å². The van der Waals surface area contributed by atoms with E-state index in [1.54, 1.807) is 9.80 Å². The zero-order chi connectivity index (χ0) is 19.5. The molecule has 0 aromatic carbocycles. The molecule has 2 fully saturated rings. The van der Waals surface area contributed by atoms with E-state index in [2.05, 4.69) is 0 Å². The molecule has 0 aromatic heterocycles. The van der Waals surface area contributed by atoms with Crippen molar-refractivity contribution < 1.29 is 26.9 Å². The monoisotopic (exact) mass is 390 g/mol. The highest BCUT2D eigenvalue weighted by Crippen LogP contribution is 2.24. The standard InChI is InChI=1S/C17H30N2O6S/c1-17(2,3)24-16(21)19-9-5-13(6-10-19)15(20)18-11-7-14(8-12-18)25-26(4,22)23/h13-14H,5-12H2,1-4H3. The Bertz CT molecular complexity index is 612. The minimum absolute atomic E-state index is 0.0895. The highest BCUT2D eigenvalue weighted by molar-refractivity contribution is 7.86. The Balaban J connectivity index is 1.78. The molecule has 0 aliphatic carbocycles. The maximum absolute atomic E-state index is 12.7. The summed E-state index contributed by atoms with van der Waals surface area (Å²) < 4.78 is 32.8. The number of hydrogen-bond donors (Lipinski definition) is 0. The molecule has 26 heavy (non-hydrogen) atoms. The molecule has 2 heterocycles. The summed E-state index contributed by atoms with van der Waals surface area (Å²) in [4.78, 5) is 28.2. The van der Waals surface area contributed by atoms with Gasteiger partial charge in [0, 0.05) is 32.1 Å². The predicted octanol–water partition coefficient (Wildman–Crippen LogP) is 1.60. The largest absolute Gasteiger partial charge is 0.444 e. The average molecular weight is 391 g/mol. The first-order valence-corrected chi connectivity index (χ1v) is 10.9.